The second-order valence-corrected chi connectivity index (χ2v) is 9.85. The van der Waals surface area contributed by atoms with Crippen molar-refractivity contribution in [3.05, 3.63) is 78.4 Å². The Morgan fingerprint density at radius 2 is 1.94 bits per heavy atom. The van der Waals surface area contributed by atoms with E-state index in [1.807, 2.05) is 66.6 Å². The van der Waals surface area contributed by atoms with Crippen LogP contribution in [0.5, 0.6) is 5.75 Å². The van der Waals surface area contributed by atoms with Crippen LogP contribution in [0.15, 0.2) is 67.3 Å². The van der Waals surface area contributed by atoms with Gasteiger partial charge in [0.1, 0.15) is 5.75 Å². The van der Waals surface area contributed by atoms with E-state index in [-0.39, 0.29) is 23.3 Å². The Kier molecular flexibility index (Phi) is 7.43. The highest BCUT2D eigenvalue weighted by molar-refractivity contribution is 5.94. The van der Waals surface area contributed by atoms with Gasteiger partial charge in [-0.15, -0.1) is 6.58 Å². The average Bonchev–Trinajstić information content (AvgIpc) is 2.88. The zero-order valence-corrected chi connectivity index (χ0v) is 21.0. The van der Waals surface area contributed by atoms with E-state index in [0.29, 0.717) is 11.3 Å². The first-order valence-electron chi connectivity index (χ1n) is 12.3. The molecule has 1 saturated heterocycles. The van der Waals surface area contributed by atoms with Crippen molar-refractivity contribution in [3.8, 4) is 5.75 Å². The quantitative estimate of drug-likeness (QED) is 0.336. The van der Waals surface area contributed by atoms with Crippen molar-refractivity contribution in [1.82, 2.24) is 9.80 Å². The first-order chi connectivity index (χ1) is 16.8. The molecule has 6 nitrogen and oxygen atoms in total. The van der Waals surface area contributed by atoms with E-state index in [1.54, 1.807) is 7.11 Å². The summed E-state index contributed by atoms with van der Waals surface area (Å²) in [6.45, 7) is 7.84. The molecule has 35 heavy (non-hydrogen) atoms. The molecule has 0 bridgehead atoms. The first-order valence-corrected chi connectivity index (χ1v) is 12.3. The van der Waals surface area contributed by atoms with Crippen molar-refractivity contribution in [1.29, 1.82) is 0 Å². The number of amides is 1. The number of esters is 1. The lowest BCUT2D eigenvalue weighted by molar-refractivity contribution is -0.151. The number of nitrogens with zero attached hydrogens (tertiary/aromatic N) is 2. The van der Waals surface area contributed by atoms with Crippen LogP contribution >= 0.6 is 0 Å². The standard InChI is InChI=1S/C29H36N2O4/c1-5-17-31-18-16-28(24-12-9-13-26(19-24)35-22(2)32)20-25(14-15-29(28,21-31)34-4)30(3)27(33)23-10-7-6-8-11-23/h5-13,19,25H,1,14-18,20-21H2,2-4H3/t25-,28-,29-/m0/s1. The van der Waals surface area contributed by atoms with Gasteiger partial charge in [0.15, 0.2) is 0 Å². The molecule has 6 heteroatoms. The SMILES string of the molecule is C=CCN1CC[C@@]2(c3cccc(OC(C)=O)c3)C[C@@H](N(C)C(=O)c3ccccc3)CC[C@]2(OC)C1. The molecule has 2 aliphatic rings. The molecule has 1 heterocycles. The molecule has 0 N–H and O–H groups in total. The fourth-order valence-corrected chi connectivity index (χ4v) is 6.21. The van der Waals surface area contributed by atoms with Gasteiger partial charge < -0.3 is 14.4 Å². The monoisotopic (exact) mass is 476 g/mol. The van der Waals surface area contributed by atoms with Crippen LogP contribution in [-0.2, 0) is 14.9 Å². The number of rotatable bonds is 7. The van der Waals surface area contributed by atoms with Crippen molar-refractivity contribution in [2.45, 2.75) is 49.7 Å². The summed E-state index contributed by atoms with van der Waals surface area (Å²) in [4.78, 5) is 29.3. The van der Waals surface area contributed by atoms with Gasteiger partial charge in [0.05, 0.1) is 5.60 Å². The Balaban J connectivity index is 1.73. The molecule has 0 spiro atoms. The number of methoxy groups -OCH3 is 1. The van der Waals surface area contributed by atoms with Crippen LogP contribution in [-0.4, -0.2) is 67.1 Å². The second kappa shape index (κ2) is 10.3. The molecule has 1 aliphatic heterocycles. The van der Waals surface area contributed by atoms with E-state index in [1.165, 1.54) is 6.92 Å². The number of piperidine rings is 1. The fourth-order valence-electron chi connectivity index (χ4n) is 6.21. The first kappa shape index (κ1) is 25.1. The largest absolute Gasteiger partial charge is 0.427 e. The summed E-state index contributed by atoms with van der Waals surface area (Å²) in [6.07, 6.45) is 5.28. The van der Waals surface area contributed by atoms with Gasteiger partial charge in [0.25, 0.3) is 5.91 Å². The number of carbonyl (C=O) groups is 2. The van der Waals surface area contributed by atoms with Gasteiger partial charge >= 0.3 is 5.97 Å². The molecule has 1 aliphatic carbocycles. The van der Waals surface area contributed by atoms with E-state index in [9.17, 15) is 9.59 Å². The third-order valence-corrected chi connectivity index (χ3v) is 7.99. The predicted octanol–water partition coefficient (Wildman–Crippen LogP) is 4.45. The van der Waals surface area contributed by atoms with E-state index in [4.69, 9.17) is 9.47 Å². The molecule has 1 saturated carbocycles. The van der Waals surface area contributed by atoms with Gasteiger partial charge in [-0.25, -0.2) is 0 Å². The maximum atomic E-state index is 13.3. The Labute approximate surface area is 208 Å². The number of hydrogen-bond acceptors (Lipinski definition) is 5. The van der Waals surface area contributed by atoms with Crippen molar-refractivity contribution < 1.29 is 19.1 Å². The third kappa shape index (κ3) is 4.78. The lowest BCUT2D eigenvalue weighted by Gasteiger charge is -2.60. The zero-order valence-electron chi connectivity index (χ0n) is 21.0. The average molecular weight is 477 g/mol. The second-order valence-electron chi connectivity index (χ2n) is 9.85. The normalized spacial score (nSPS) is 26.4. The molecule has 1 amide bonds. The van der Waals surface area contributed by atoms with E-state index in [0.717, 1.165) is 50.9 Å². The van der Waals surface area contributed by atoms with E-state index >= 15 is 0 Å². The lowest BCUT2D eigenvalue weighted by Crippen LogP contribution is -2.68. The number of carbonyl (C=O) groups excluding carboxylic acids is 2. The maximum absolute atomic E-state index is 13.3. The van der Waals surface area contributed by atoms with Crippen LogP contribution in [0.1, 0.15) is 48.5 Å². The molecule has 0 unspecified atom stereocenters. The van der Waals surface area contributed by atoms with Crippen LogP contribution in [0.4, 0.5) is 0 Å². The number of ether oxygens (including phenoxy) is 2. The molecule has 3 atom stereocenters. The number of fused-ring (bicyclic) bond motifs is 1. The van der Waals surface area contributed by atoms with Crippen LogP contribution in [0.25, 0.3) is 0 Å². The van der Waals surface area contributed by atoms with Gasteiger partial charge in [-0.1, -0.05) is 36.4 Å². The summed E-state index contributed by atoms with van der Waals surface area (Å²) in [7, 11) is 3.72. The highest BCUT2D eigenvalue weighted by Gasteiger charge is 2.59. The number of likely N-dealkylation sites (tertiary alicyclic amines) is 1. The van der Waals surface area contributed by atoms with Crippen molar-refractivity contribution in [2.75, 3.05) is 33.8 Å². The Bertz CT molecular complexity index is 1070. The van der Waals surface area contributed by atoms with Crippen molar-refractivity contribution in [2.24, 2.45) is 0 Å². The molecule has 186 valence electrons. The minimum Gasteiger partial charge on any atom is -0.427 e. The Morgan fingerprint density at radius 1 is 1.17 bits per heavy atom. The van der Waals surface area contributed by atoms with Crippen LogP contribution in [0, 0.1) is 0 Å². The predicted molar refractivity (Wildman–Crippen MR) is 137 cm³/mol. The topological polar surface area (TPSA) is 59.1 Å². The highest BCUT2D eigenvalue weighted by Crippen LogP contribution is 2.54. The zero-order chi connectivity index (χ0) is 25.1. The molecule has 2 aromatic rings. The van der Waals surface area contributed by atoms with Crippen LogP contribution in [0.2, 0.25) is 0 Å². The molecule has 2 fully saturated rings. The van der Waals surface area contributed by atoms with Crippen LogP contribution < -0.4 is 4.74 Å². The Morgan fingerprint density at radius 3 is 2.63 bits per heavy atom. The van der Waals surface area contributed by atoms with Gasteiger partial charge in [-0.2, -0.15) is 0 Å². The molecule has 0 radical (unpaired) electrons. The van der Waals surface area contributed by atoms with Gasteiger partial charge in [0, 0.05) is 51.2 Å². The van der Waals surface area contributed by atoms with Crippen LogP contribution in [0.3, 0.4) is 0 Å². The van der Waals surface area contributed by atoms with Gasteiger partial charge in [-0.3, -0.25) is 14.5 Å². The number of hydrogen-bond donors (Lipinski definition) is 0. The smallest absolute Gasteiger partial charge is 0.308 e. The molecular weight excluding hydrogens is 440 g/mol. The minimum absolute atomic E-state index is 0.0356. The molecular formula is C29H36N2O4. The summed E-state index contributed by atoms with van der Waals surface area (Å²) in [5, 5.41) is 0. The summed E-state index contributed by atoms with van der Waals surface area (Å²) >= 11 is 0. The van der Waals surface area contributed by atoms with E-state index in [2.05, 4.69) is 17.5 Å². The molecule has 0 aromatic heterocycles. The van der Waals surface area contributed by atoms with Crippen molar-refractivity contribution in [3.63, 3.8) is 0 Å². The minimum atomic E-state index is -0.420. The Hall–Kier alpha value is -2.96. The van der Waals surface area contributed by atoms with Gasteiger partial charge in [-0.05, 0) is 62.1 Å². The summed E-state index contributed by atoms with van der Waals surface area (Å²) < 4.78 is 11.9. The lowest BCUT2D eigenvalue weighted by atomic mass is 9.55. The summed E-state index contributed by atoms with van der Waals surface area (Å²) in [5.41, 5.74) is 1.05. The fraction of sp³-hybridized carbons (Fsp3) is 0.448. The highest BCUT2D eigenvalue weighted by atomic mass is 16.5. The summed E-state index contributed by atoms with van der Waals surface area (Å²) in [6, 6.07) is 17.4. The van der Waals surface area contributed by atoms with Crippen molar-refractivity contribution >= 4 is 11.9 Å². The summed E-state index contributed by atoms with van der Waals surface area (Å²) in [5.74, 6) is 0.236. The third-order valence-electron chi connectivity index (χ3n) is 7.99. The number of benzene rings is 2. The molecule has 4 rings (SSSR count). The molecule has 2 aromatic carbocycles. The van der Waals surface area contributed by atoms with E-state index < -0.39 is 5.60 Å². The van der Waals surface area contributed by atoms with Gasteiger partial charge in [0.2, 0.25) is 0 Å². The maximum Gasteiger partial charge on any atom is 0.308 e.